The Morgan fingerprint density at radius 2 is 1.72 bits per heavy atom. The van der Waals surface area contributed by atoms with Gasteiger partial charge in [-0.05, 0) is 0 Å². The van der Waals surface area contributed by atoms with E-state index in [1.54, 1.807) is 7.05 Å². The van der Waals surface area contributed by atoms with Crippen molar-refractivity contribution in [3.8, 4) is 0 Å². The van der Waals surface area contributed by atoms with E-state index in [4.69, 9.17) is 14.5 Å². The third-order valence-electron chi connectivity index (χ3n) is 4.53. The van der Waals surface area contributed by atoms with E-state index in [1.807, 2.05) is 4.98 Å². The number of phosphoric acid groups is 3. The summed E-state index contributed by atoms with van der Waals surface area (Å²) in [4.78, 5) is 64.4. The van der Waals surface area contributed by atoms with Crippen molar-refractivity contribution in [3.63, 3.8) is 0 Å². The number of nitrogens with one attached hydrogen (secondary N) is 2. The third kappa shape index (κ3) is 7.33. The van der Waals surface area contributed by atoms with Crippen LogP contribution in [0.25, 0.3) is 0 Å². The number of phosphoric ester groups is 1. The zero-order valence-electron chi connectivity index (χ0n) is 17.8. The highest BCUT2D eigenvalue weighted by Gasteiger charge is 2.47. The van der Waals surface area contributed by atoms with Gasteiger partial charge in [0.25, 0.3) is 5.56 Å². The molecule has 0 aromatic carbocycles. The Morgan fingerprint density at radius 3 is 2.31 bits per heavy atom. The molecule has 1 aliphatic rings. The normalized spacial score (nSPS) is 26.0. The Labute approximate surface area is 198 Å². The van der Waals surface area contributed by atoms with Crippen LogP contribution >= 0.6 is 23.5 Å². The summed E-state index contributed by atoms with van der Waals surface area (Å²) in [6.45, 7) is -1.08. The third-order valence-corrected chi connectivity index (χ3v) is 8.34. The van der Waals surface area contributed by atoms with Crippen LogP contribution in [0.2, 0.25) is 0 Å². The van der Waals surface area contributed by atoms with Crippen LogP contribution in [0.5, 0.6) is 0 Å². The number of aromatic nitrogens is 5. The van der Waals surface area contributed by atoms with Crippen molar-refractivity contribution in [2.45, 2.75) is 30.8 Å². The summed E-state index contributed by atoms with van der Waals surface area (Å²) in [6, 6.07) is 0. The van der Waals surface area contributed by atoms with Crippen molar-refractivity contribution < 1.29 is 61.4 Å². The minimum Gasteiger partial charge on any atom is -0.387 e. The largest absolute Gasteiger partial charge is 0.490 e. The van der Waals surface area contributed by atoms with Gasteiger partial charge in [0.05, 0.1) is 17.9 Å². The summed E-state index contributed by atoms with van der Waals surface area (Å²) >= 11 is 0. The van der Waals surface area contributed by atoms with E-state index in [1.165, 1.54) is 10.9 Å². The van der Waals surface area contributed by atoms with Crippen molar-refractivity contribution in [2.75, 3.05) is 6.61 Å². The van der Waals surface area contributed by atoms with E-state index < -0.39 is 65.7 Å². The van der Waals surface area contributed by atoms with Gasteiger partial charge in [-0.1, -0.05) is 5.21 Å². The van der Waals surface area contributed by atoms with Gasteiger partial charge in [-0.15, -0.1) is 5.10 Å². The molecule has 1 saturated heterocycles. The average Bonchev–Trinajstić information content (AvgIpc) is 3.21. The molecule has 2 aromatic rings. The number of nitrogens with zero attached hydrogens (tertiary/aromatic N) is 3. The second-order valence-corrected chi connectivity index (χ2v) is 11.7. The molecule has 0 saturated carbocycles. The van der Waals surface area contributed by atoms with E-state index in [2.05, 4.69) is 28.4 Å². The molecular formula is C13H20N5O15P3. The molecule has 8 N–H and O–H groups in total. The molecule has 20 nitrogen and oxygen atoms in total. The van der Waals surface area contributed by atoms with Gasteiger partial charge in [0.1, 0.15) is 24.4 Å². The molecule has 0 bridgehead atoms. The average molecular weight is 579 g/mol. The highest BCUT2D eigenvalue weighted by atomic mass is 31.3. The van der Waals surface area contributed by atoms with E-state index >= 15 is 0 Å². The zero-order valence-corrected chi connectivity index (χ0v) is 20.5. The zero-order chi connectivity index (χ0) is 27.1. The minimum absolute atomic E-state index is 0.0472. The Kier molecular flexibility index (Phi) is 8.34. The van der Waals surface area contributed by atoms with Gasteiger partial charge in [0.15, 0.2) is 0 Å². The molecule has 0 aliphatic carbocycles. The number of aliphatic hydroxyl groups is 2. The molecular weight excluding hydrogens is 559 g/mol. The maximum Gasteiger partial charge on any atom is 0.490 e. The number of aromatic amines is 2. The molecule has 0 radical (unpaired) electrons. The fourth-order valence-corrected chi connectivity index (χ4v) is 6.27. The van der Waals surface area contributed by atoms with Crippen LogP contribution < -0.4 is 11.2 Å². The minimum atomic E-state index is -5.78. The molecule has 202 valence electrons. The van der Waals surface area contributed by atoms with Crippen molar-refractivity contribution in [1.29, 1.82) is 0 Å². The molecule has 3 rings (SSSR count). The number of H-pyrrole nitrogens is 2. The Bertz CT molecular complexity index is 1370. The molecule has 23 heteroatoms. The lowest BCUT2D eigenvalue weighted by molar-refractivity contribution is -0.0230. The van der Waals surface area contributed by atoms with E-state index in [9.17, 15) is 43.3 Å². The van der Waals surface area contributed by atoms with Gasteiger partial charge in [0.2, 0.25) is 0 Å². The molecule has 2 aromatic heterocycles. The number of rotatable bonds is 10. The van der Waals surface area contributed by atoms with Crippen molar-refractivity contribution in [1.82, 2.24) is 25.0 Å². The summed E-state index contributed by atoms with van der Waals surface area (Å²) in [5.74, 6) is 0. The van der Waals surface area contributed by atoms with E-state index in [0.717, 1.165) is 0 Å². The topological polar surface area (TPSA) is 306 Å². The lowest BCUT2D eigenvalue weighted by Crippen LogP contribution is -2.35. The first-order valence-corrected chi connectivity index (χ1v) is 14.0. The lowest BCUT2D eigenvalue weighted by atomic mass is 9.99. The fourth-order valence-electron chi connectivity index (χ4n) is 3.24. The molecule has 6 atom stereocenters. The predicted octanol–water partition coefficient (Wildman–Crippen LogP) is -2.71. The maximum atomic E-state index is 12.5. The SMILES string of the molecule is Cn1cc(Cc2[nH]c(=O)[nH]c(=O)c2[C@@H]2O[C@H](COP(=O)(O)OP(=O)(O)OP(=O)(O)O)C(O)[C@@H]2O)nn1. The second-order valence-electron chi connectivity index (χ2n) is 7.32. The van der Waals surface area contributed by atoms with Crippen LogP contribution in [-0.4, -0.2) is 79.7 Å². The monoisotopic (exact) mass is 579 g/mol. The van der Waals surface area contributed by atoms with Gasteiger partial charge < -0.3 is 39.5 Å². The molecule has 36 heavy (non-hydrogen) atoms. The van der Waals surface area contributed by atoms with Crippen LogP contribution in [0, 0.1) is 0 Å². The Balaban J connectivity index is 1.78. The summed E-state index contributed by atoms with van der Waals surface area (Å²) in [5, 5.41) is 28.3. The van der Waals surface area contributed by atoms with Gasteiger partial charge in [-0.3, -0.25) is 19.0 Å². The quantitative estimate of drug-likeness (QED) is 0.133. The molecule has 3 heterocycles. The van der Waals surface area contributed by atoms with Gasteiger partial charge in [-0.2, -0.15) is 8.62 Å². The van der Waals surface area contributed by atoms with Gasteiger partial charge in [0, 0.05) is 25.4 Å². The lowest BCUT2D eigenvalue weighted by Gasteiger charge is -2.19. The maximum absolute atomic E-state index is 12.5. The van der Waals surface area contributed by atoms with Crippen molar-refractivity contribution >= 4 is 23.5 Å². The number of aryl methyl sites for hydroxylation is 1. The summed E-state index contributed by atoms with van der Waals surface area (Å²) < 4.78 is 52.3. The van der Waals surface area contributed by atoms with Crippen LogP contribution in [0.15, 0.2) is 15.8 Å². The predicted molar refractivity (Wildman–Crippen MR) is 111 cm³/mol. The molecule has 0 amide bonds. The van der Waals surface area contributed by atoms with Crippen molar-refractivity contribution in [2.24, 2.45) is 7.05 Å². The smallest absolute Gasteiger partial charge is 0.387 e. The van der Waals surface area contributed by atoms with Gasteiger partial charge >= 0.3 is 29.2 Å². The van der Waals surface area contributed by atoms with Gasteiger partial charge in [-0.25, -0.2) is 18.5 Å². The van der Waals surface area contributed by atoms with Crippen LogP contribution in [0.1, 0.15) is 23.1 Å². The van der Waals surface area contributed by atoms with Crippen LogP contribution in [0.4, 0.5) is 0 Å². The molecule has 0 spiro atoms. The first kappa shape index (κ1) is 28.7. The van der Waals surface area contributed by atoms with E-state index in [-0.39, 0.29) is 17.7 Å². The first-order valence-electron chi connectivity index (χ1n) is 9.47. The number of hydrogen-bond acceptors (Lipinski definition) is 13. The Hall–Kier alpha value is -1.89. The molecule has 1 fully saturated rings. The van der Waals surface area contributed by atoms with Crippen molar-refractivity contribution in [3.05, 3.63) is 44.0 Å². The standard InChI is InChI=1S/C13H20N5O15P3/c1-18-3-5(16-17-18)2-6-8(12(21)15-13(22)14-6)11-10(20)9(19)7(31-11)4-30-35(26,27)33-36(28,29)32-34(23,24)25/h3,7,9-11,19-20H,2,4H2,1H3,(H,26,27)(H,28,29)(H2,23,24,25)(H2,14,15,21,22)/t7-,9?,10+,11+/m1/s1. The summed E-state index contributed by atoms with van der Waals surface area (Å²) in [6.07, 6.45) is -5.57. The number of ether oxygens (including phenoxy) is 1. The fraction of sp³-hybridized carbons (Fsp3) is 0.538. The number of hydrogen-bond donors (Lipinski definition) is 8. The first-order chi connectivity index (χ1) is 16.5. The highest BCUT2D eigenvalue weighted by Crippen LogP contribution is 2.66. The highest BCUT2D eigenvalue weighted by molar-refractivity contribution is 7.66. The molecule has 3 unspecified atom stereocenters. The summed E-state index contributed by atoms with van der Waals surface area (Å²) in [5.41, 5.74) is -1.92. The van der Waals surface area contributed by atoms with Crippen LogP contribution in [-0.2, 0) is 45.0 Å². The summed E-state index contributed by atoms with van der Waals surface area (Å²) in [7, 11) is -15.4. The number of aliphatic hydroxyl groups excluding tert-OH is 2. The van der Waals surface area contributed by atoms with E-state index in [0.29, 0.717) is 5.69 Å². The second kappa shape index (κ2) is 10.5. The molecule has 1 aliphatic heterocycles. The van der Waals surface area contributed by atoms with Crippen LogP contribution in [0.3, 0.4) is 0 Å². The Morgan fingerprint density at radius 1 is 1.06 bits per heavy atom.